The third-order valence-corrected chi connectivity index (χ3v) is 20.7. The van der Waals surface area contributed by atoms with Crippen molar-refractivity contribution in [1.29, 1.82) is 5.41 Å². The maximum Gasteiger partial charge on any atom is 0.326 e. The normalized spacial score (nSPS) is 23.8. The Morgan fingerprint density at radius 1 is 0.673 bits per heavy atom. The van der Waals surface area contributed by atoms with Crippen LogP contribution in [0.4, 0.5) is 4.79 Å². The van der Waals surface area contributed by atoms with Crippen LogP contribution in [0.5, 0.6) is 5.75 Å². The number of rotatable bonds is 23. The standard InChI is InChI=1S/C68H95N23O20S2/c1-33(92)54-64(107)84-46(27-53(96)97)65(108)91-23-7-13-50(91)63(106)81-41(10-4-20-74-67(71)72)57(100)86-49-32-113-112-31-48(77-52(95)28-69)61(104)83-45(60(103)87-54)26-36-30-90(89-88-36)22-6-12-42(56(99)85-47(66(109)110)24-34-14-16-37(93)17-15-34)78-58(101)43(18-19-51(70)94)80-59(102)44(25-35-29-76-39-9-3-2-8-38(35)39)82-55(98)40(79-62(49)105)11-5-21-75-68(73)111/h2-3,8-9,14-17,29-30,33,40-50,54,76,92-93H,4-7,10-13,18-28,31-32,69H2,1H3,(H2,70,94)(H,77,95)(H,78,101)(H,79,105)(H,80,102)(H,81,106)(H,82,98)(H,83,104)(H,84,107)(H,85,99)(H,86,100)(H,87,103)(H,96,97)(H,109,110)(H4,71,72,74)(H3,73,75,111)/t33-,40+,41+,42-,43+,44+,45+,46+,47-,48?,49+,50+,54+/m1/s1. The number of aromatic hydroxyl groups is 1. The highest BCUT2D eigenvalue weighted by molar-refractivity contribution is 8.76. The molecule has 43 nitrogen and oxygen atoms in total. The summed E-state index contributed by atoms with van der Waals surface area (Å²) in [6.45, 7) is -0.316. The van der Waals surface area contributed by atoms with Gasteiger partial charge in [-0.3, -0.25) is 77.2 Å². The number of nitrogens with one attached hydrogen (secondary N) is 15. The smallest absolute Gasteiger partial charge is 0.326 e. The Morgan fingerprint density at radius 3 is 1.94 bits per heavy atom. The zero-order valence-corrected chi connectivity index (χ0v) is 63.0. The Morgan fingerprint density at radius 2 is 1.27 bits per heavy atom. The van der Waals surface area contributed by atoms with Crippen molar-refractivity contribution in [1.82, 2.24) is 94.0 Å². The van der Waals surface area contributed by atoms with Gasteiger partial charge in [0.25, 0.3) is 0 Å². The molecule has 3 aliphatic rings. The third-order valence-electron chi connectivity index (χ3n) is 18.3. The summed E-state index contributed by atoms with van der Waals surface area (Å²) in [4.78, 5) is 231. The summed E-state index contributed by atoms with van der Waals surface area (Å²) in [5, 5.41) is 90.8. The predicted molar refractivity (Wildman–Crippen MR) is 403 cm³/mol. The number of phenols is 1. The molecule has 0 saturated carbocycles. The molecule has 1 unspecified atom stereocenters. The minimum Gasteiger partial charge on any atom is -0.508 e. The fourth-order valence-electron chi connectivity index (χ4n) is 12.4. The first-order chi connectivity index (χ1) is 53.8. The SMILES string of the molecule is C[C@@H](O)[C@@H]1NC(=O)[C@@H]2Cc3cn(nn3)CCC[C@H](C(=O)N[C@H](Cc3ccc(O)cc3)C(=O)O)NC(=O)[C@H](CCC(N)=O)NC(=O)[C@H](Cc3c[nH]c4ccccc34)NC(=O)[C@H](CCCNC(N)=O)NC(=O)[C@H](CSSCC(NC(=O)CN)C(=O)N2)NC(=O)[C@H](CCCNC(=N)N)NC(=O)[C@@H]2CCCN2C(=O)[C@H](CC(=O)O)NC1=O. The van der Waals surface area contributed by atoms with Crippen molar-refractivity contribution < 1.29 is 97.1 Å². The van der Waals surface area contributed by atoms with E-state index in [0.29, 0.717) is 22.0 Å². The molecule has 0 spiro atoms. The van der Waals surface area contributed by atoms with Crippen molar-refractivity contribution in [3.05, 3.63) is 77.7 Å². The number of urea groups is 1. The zero-order valence-electron chi connectivity index (χ0n) is 61.4. The van der Waals surface area contributed by atoms with Gasteiger partial charge in [0, 0.05) is 86.7 Å². The molecule has 614 valence electrons. The number of nitrogens with two attached hydrogens (primary N) is 4. The lowest BCUT2D eigenvalue weighted by Gasteiger charge is -2.31. The number of guanidine groups is 1. The van der Waals surface area contributed by atoms with Gasteiger partial charge in [-0.15, -0.1) is 5.10 Å². The Hall–Kier alpha value is -11.9. The highest BCUT2D eigenvalue weighted by atomic mass is 33.1. The van der Waals surface area contributed by atoms with Gasteiger partial charge in [-0.2, -0.15) is 0 Å². The lowest BCUT2D eigenvalue weighted by atomic mass is 10.0. The summed E-state index contributed by atoms with van der Waals surface area (Å²) in [6.07, 6.45) is -3.95. The molecule has 2 saturated heterocycles. The van der Waals surface area contributed by atoms with Crippen molar-refractivity contribution in [2.75, 3.05) is 37.7 Å². The average Bonchev–Trinajstić information content (AvgIpc) is 1.73. The number of aliphatic hydroxyl groups is 1. The number of aryl methyl sites for hydroxylation is 1. The molecule has 113 heavy (non-hydrogen) atoms. The van der Waals surface area contributed by atoms with E-state index in [-0.39, 0.29) is 102 Å². The first-order valence-corrected chi connectivity index (χ1v) is 38.6. The van der Waals surface area contributed by atoms with E-state index in [4.69, 9.17) is 28.3 Å². The maximum atomic E-state index is 15.3. The molecule has 0 aliphatic carbocycles. The van der Waals surface area contributed by atoms with Gasteiger partial charge >= 0.3 is 18.0 Å². The number of carboxylic acid groups (broad SMARTS) is 2. The molecular weight excluding hydrogens is 1520 g/mol. The summed E-state index contributed by atoms with van der Waals surface area (Å²) >= 11 is 0. The van der Waals surface area contributed by atoms with Crippen LogP contribution >= 0.6 is 21.6 Å². The van der Waals surface area contributed by atoms with Gasteiger partial charge in [0.15, 0.2) is 5.96 Å². The molecule has 13 atom stereocenters. The van der Waals surface area contributed by atoms with E-state index in [1.54, 1.807) is 24.3 Å². The summed E-state index contributed by atoms with van der Waals surface area (Å²) in [5.41, 5.74) is 23.5. The lowest BCUT2D eigenvalue weighted by Crippen LogP contribution is -2.62. The van der Waals surface area contributed by atoms with Gasteiger partial charge < -0.3 is 122 Å². The number of aliphatic hydroxyl groups excluding tert-OH is 1. The molecule has 5 heterocycles. The van der Waals surface area contributed by atoms with Crippen LogP contribution in [0.25, 0.3) is 10.9 Å². The quantitative estimate of drug-likeness (QED) is 0.0142. The van der Waals surface area contributed by atoms with Crippen LogP contribution in [-0.4, -0.2) is 262 Å². The van der Waals surface area contributed by atoms with Crippen LogP contribution in [0.3, 0.4) is 0 Å². The number of carbonyl (C=O) groups excluding carboxylic acids is 14. The van der Waals surface area contributed by atoms with E-state index >= 15 is 19.2 Å². The number of fused-ring (bicyclic) bond motifs is 12. The molecule has 7 rings (SSSR count). The molecular formula is C68H95N23O20S2. The highest BCUT2D eigenvalue weighted by Crippen LogP contribution is 2.26. The van der Waals surface area contributed by atoms with Crippen molar-refractivity contribution in [3.8, 4) is 5.75 Å². The summed E-state index contributed by atoms with van der Waals surface area (Å²) in [6, 6.07) is -9.90. The number of H-pyrrole nitrogens is 1. The van der Waals surface area contributed by atoms with Crippen molar-refractivity contribution in [2.24, 2.45) is 22.9 Å². The van der Waals surface area contributed by atoms with Gasteiger partial charge in [-0.1, -0.05) is 57.1 Å². The zero-order chi connectivity index (χ0) is 82.6. The minimum absolute atomic E-state index is 0.0264. The number of primary amides is 2. The van der Waals surface area contributed by atoms with Gasteiger partial charge in [-0.25, -0.2) is 9.59 Å². The second-order valence-corrected chi connectivity index (χ2v) is 29.5. The van der Waals surface area contributed by atoms with E-state index < -0.39 is 223 Å². The first kappa shape index (κ1) is 88.3. The Bertz CT molecular complexity index is 4130. The van der Waals surface area contributed by atoms with Gasteiger partial charge in [0.05, 0.1) is 24.8 Å². The molecule has 4 aromatic rings. The van der Waals surface area contributed by atoms with E-state index in [9.17, 15) is 78.0 Å². The predicted octanol–water partition coefficient (Wildman–Crippen LogP) is -7.12. The summed E-state index contributed by atoms with van der Waals surface area (Å²) in [7, 11) is 1.62. The molecule has 45 heteroatoms. The largest absolute Gasteiger partial charge is 0.508 e. The number of benzene rings is 2. The Kier molecular flexibility index (Phi) is 33.7. The number of hydrogen-bond acceptors (Lipinski definition) is 24. The molecule has 2 aromatic carbocycles. The lowest BCUT2D eigenvalue weighted by molar-refractivity contribution is -0.146. The van der Waals surface area contributed by atoms with Crippen molar-refractivity contribution >= 4 is 133 Å². The second kappa shape index (κ2) is 43.1. The van der Waals surface area contributed by atoms with E-state index in [2.05, 4.69) is 84.4 Å². The van der Waals surface area contributed by atoms with Gasteiger partial charge in [-0.05, 0) is 94.0 Å². The fourth-order valence-corrected chi connectivity index (χ4v) is 14.8. The number of carbonyl (C=O) groups is 16. The minimum atomic E-state index is -2.05. The van der Waals surface area contributed by atoms with E-state index in [1.165, 1.54) is 41.3 Å². The third kappa shape index (κ3) is 27.5. The highest BCUT2D eigenvalue weighted by Gasteiger charge is 2.43. The molecule has 15 amide bonds. The maximum absolute atomic E-state index is 15.3. The number of nitrogens with zero attached hydrogens (tertiary/aromatic N) is 4. The van der Waals surface area contributed by atoms with Gasteiger partial charge in [0.1, 0.15) is 78.3 Å². The van der Waals surface area contributed by atoms with E-state index in [1.807, 2.05) is 0 Å². The van der Waals surface area contributed by atoms with E-state index in [0.717, 1.165) is 33.4 Å². The number of hydrogen-bond donors (Lipinski definition) is 23. The second-order valence-electron chi connectivity index (χ2n) is 27.0. The molecule has 2 fully saturated rings. The Labute approximate surface area is 653 Å². The molecule has 0 radical (unpaired) electrons. The first-order valence-electron chi connectivity index (χ1n) is 36.1. The number of carboxylic acids is 2. The number of amides is 15. The van der Waals surface area contributed by atoms with Crippen molar-refractivity contribution in [2.45, 2.75) is 182 Å². The fraction of sp³-hybridized carbons (Fsp3) is 0.515. The van der Waals surface area contributed by atoms with Gasteiger partial charge in [0.2, 0.25) is 76.8 Å². The van der Waals surface area contributed by atoms with Crippen LogP contribution in [0.2, 0.25) is 0 Å². The monoisotopic (exact) mass is 1620 g/mol. The van der Waals surface area contributed by atoms with Crippen LogP contribution in [0.1, 0.15) is 94.4 Å². The van der Waals surface area contributed by atoms with Crippen LogP contribution < -0.4 is 92.1 Å². The average molecular weight is 1620 g/mol. The summed E-state index contributed by atoms with van der Waals surface area (Å²) < 4.78 is 1.20. The Balaban J connectivity index is 1.40. The topological polar surface area (TPSA) is 688 Å². The number of aromatic amines is 1. The van der Waals surface area contributed by atoms with Crippen LogP contribution in [-0.2, 0) is 97.7 Å². The summed E-state index contributed by atoms with van der Waals surface area (Å²) in [5.74, 6) is -19.1. The van der Waals surface area contributed by atoms with Crippen LogP contribution in [0.15, 0.2) is 60.9 Å². The number of phenolic OH excluding ortho intramolecular Hbond substituents is 1. The molecule has 27 N–H and O–H groups in total. The number of aromatic nitrogens is 4. The van der Waals surface area contributed by atoms with Crippen molar-refractivity contribution in [3.63, 3.8) is 0 Å². The molecule has 4 bridgehead atoms. The van der Waals surface area contributed by atoms with Crippen LogP contribution in [0, 0.1) is 5.41 Å². The number of para-hydroxylation sites is 1. The number of aliphatic carboxylic acids is 2. The molecule has 3 aliphatic heterocycles. The molecule has 2 aromatic heterocycles.